The summed E-state index contributed by atoms with van der Waals surface area (Å²) in [4.78, 5) is 19.3. The summed E-state index contributed by atoms with van der Waals surface area (Å²) in [6.45, 7) is 5.49. The Hall–Kier alpha value is -2.73. The molecule has 31 heavy (non-hydrogen) atoms. The minimum atomic E-state index is -0.138. The maximum atomic E-state index is 13.6. The van der Waals surface area contributed by atoms with Gasteiger partial charge in [0.1, 0.15) is 11.6 Å². The van der Waals surface area contributed by atoms with Gasteiger partial charge in [-0.2, -0.15) is 0 Å². The van der Waals surface area contributed by atoms with Gasteiger partial charge in [-0.3, -0.25) is 9.78 Å². The Bertz CT molecular complexity index is 1080. The standard InChI is InChI=1S/C25H30FN3O2/c1-18-13-20(15-21(26)14-18)4-3-19-7-9-28(10-8-19)11-12-29-24-16-22(31-2)17-27-23(24)5-6-25(29)30/h5-6,13-17,19H,3-4,7-12H2,1-2H3. The van der Waals surface area contributed by atoms with E-state index in [4.69, 9.17) is 4.74 Å². The summed E-state index contributed by atoms with van der Waals surface area (Å²) in [6.07, 6.45) is 6.00. The van der Waals surface area contributed by atoms with E-state index >= 15 is 0 Å². The second-order valence-electron chi connectivity index (χ2n) is 8.56. The first-order valence-electron chi connectivity index (χ1n) is 11.0. The lowest BCUT2D eigenvalue weighted by Gasteiger charge is -2.32. The van der Waals surface area contributed by atoms with E-state index in [1.807, 2.05) is 13.0 Å². The predicted octanol–water partition coefficient (Wildman–Crippen LogP) is 4.20. The SMILES string of the molecule is COc1cnc2ccc(=O)n(CCN3CCC(CCc4cc(C)cc(F)c4)CC3)c2c1. The molecule has 0 spiro atoms. The van der Waals surface area contributed by atoms with E-state index in [0.717, 1.165) is 67.5 Å². The number of nitrogens with zero attached hydrogens (tertiary/aromatic N) is 3. The molecule has 2 aromatic heterocycles. The third kappa shape index (κ3) is 5.31. The Balaban J connectivity index is 1.31. The van der Waals surface area contributed by atoms with Crippen molar-refractivity contribution in [1.29, 1.82) is 0 Å². The monoisotopic (exact) mass is 423 g/mol. The van der Waals surface area contributed by atoms with Crippen molar-refractivity contribution in [1.82, 2.24) is 14.5 Å². The number of pyridine rings is 2. The number of hydrogen-bond acceptors (Lipinski definition) is 4. The van der Waals surface area contributed by atoms with Crippen LogP contribution in [-0.4, -0.2) is 41.2 Å². The van der Waals surface area contributed by atoms with Crippen LogP contribution in [0.15, 0.2) is 47.4 Å². The number of rotatable bonds is 7. The number of aryl methyl sites for hydroxylation is 2. The summed E-state index contributed by atoms with van der Waals surface area (Å²) >= 11 is 0. The van der Waals surface area contributed by atoms with Gasteiger partial charge in [-0.15, -0.1) is 0 Å². The number of fused-ring (bicyclic) bond motifs is 1. The van der Waals surface area contributed by atoms with Gasteiger partial charge >= 0.3 is 0 Å². The molecule has 0 bridgehead atoms. The summed E-state index contributed by atoms with van der Waals surface area (Å²) in [5.74, 6) is 1.19. The van der Waals surface area contributed by atoms with E-state index in [-0.39, 0.29) is 11.4 Å². The summed E-state index contributed by atoms with van der Waals surface area (Å²) in [5, 5.41) is 0. The largest absolute Gasteiger partial charge is 0.495 e. The maximum absolute atomic E-state index is 13.6. The molecule has 0 N–H and O–H groups in total. The number of aromatic nitrogens is 2. The highest BCUT2D eigenvalue weighted by Gasteiger charge is 2.19. The second-order valence-corrected chi connectivity index (χ2v) is 8.56. The number of methoxy groups -OCH3 is 1. The molecule has 1 saturated heterocycles. The highest BCUT2D eigenvalue weighted by Crippen LogP contribution is 2.23. The van der Waals surface area contributed by atoms with Crippen LogP contribution >= 0.6 is 0 Å². The van der Waals surface area contributed by atoms with Gasteiger partial charge in [0.2, 0.25) is 0 Å². The number of ether oxygens (including phenoxy) is 1. The van der Waals surface area contributed by atoms with Gasteiger partial charge in [-0.25, -0.2) is 4.39 Å². The van der Waals surface area contributed by atoms with E-state index in [1.54, 1.807) is 42.1 Å². The van der Waals surface area contributed by atoms with Gasteiger partial charge < -0.3 is 14.2 Å². The molecule has 0 amide bonds. The molecule has 164 valence electrons. The average Bonchev–Trinajstić information content (AvgIpc) is 2.77. The van der Waals surface area contributed by atoms with Crippen molar-refractivity contribution in [3.63, 3.8) is 0 Å². The zero-order chi connectivity index (χ0) is 21.8. The average molecular weight is 424 g/mol. The molecule has 0 radical (unpaired) electrons. The lowest BCUT2D eigenvalue weighted by Crippen LogP contribution is -2.37. The van der Waals surface area contributed by atoms with Gasteiger partial charge in [-0.05, 0) is 80.9 Å². The third-order valence-corrected chi connectivity index (χ3v) is 6.34. The van der Waals surface area contributed by atoms with Crippen LogP contribution in [0.25, 0.3) is 11.0 Å². The topological polar surface area (TPSA) is 47.4 Å². The van der Waals surface area contributed by atoms with Gasteiger partial charge in [0, 0.05) is 25.2 Å². The fraction of sp³-hybridized carbons (Fsp3) is 0.440. The Kier molecular flexibility index (Phi) is 6.66. The number of likely N-dealkylation sites (tertiary alicyclic amines) is 1. The molecule has 1 aliphatic heterocycles. The highest BCUT2D eigenvalue weighted by molar-refractivity contribution is 5.75. The van der Waals surface area contributed by atoms with Crippen LogP contribution in [0.4, 0.5) is 4.39 Å². The van der Waals surface area contributed by atoms with E-state index in [2.05, 4.69) is 16.0 Å². The van der Waals surface area contributed by atoms with Crippen molar-refractivity contribution in [3.05, 3.63) is 69.9 Å². The van der Waals surface area contributed by atoms with Gasteiger partial charge in [0.25, 0.3) is 5.56 Å². The number of halogens is 1. The van der Waals surface area contributed by atoms with Crippen molar-refractivity contribution in [3.8, 4) is 5.75 Å². The van der Waals surface area contributed by atoms with E-state index in [0.29, 0.717) is 18.2 Å². The Morgan fingerprint density at radius 3 is 2.68 bits per heavy atom. The Morgan fingerprint density at radius 1 is 1.13 bits per heavy atom. The summed E-state index contributed by atoms with van der Waals surface area (Å²) in [7, 11) is 1.60. The normalized spacial score (nSPS) is 15.5. The number of benzene rings is 1. The molecule has 0 saturated carbocycles. The van der Waals surface area contributed by atoms with Crippen LogP contribution in [-0.2, 0) is 13.0 Å². The zero-order valence-corrected chi connectivity index (χ0v) is 18.3. The fourth-order valence-electron chi connectivity index (χ4n) is 4.56. The Morgan fingerprint density at radius 2 is 1.94 bits per heavy atom. The molecule has 0 unspecified atom stereocenters. The molecule has 0 aliphatic carbocycles. The lowest BCUT2D eigenvalue weighted by molar-refractivity contribution is 0.174. The minimum Gasteiger partial charge on any atom is -0.495 e. The maximum Gasteiger partial charge on any atom is 0.251 e. The Labute approximate surface area is 182 Å². The molecule has 6 heteroatoms. The summed E-state index contributed by atoms with van der Waals surface area (Å²) in [6, 6.07) is 10.6. The van der Waals surface area contributed by atoms with Crippen LogP contribution in [0, 0.1) is 18.7 Å². The molecular weight excluding hydrogens is 393 g/mol. The van der Waals surface area contributed by atoms with Crippen LogP contribution in [0.5, 0.6) is 5.75 Å². The molecule has 1 fully saturated rings. The molecule has 4 rings (SSSR count). The quantitative estimate of drug-likeness (QED) is 0.572. The first-order chi connectivity index (χ1) is 15.0. The van der Waals surface area contributed by atoms with E-state index in [9.17, 15) is 9.18 Å². The molecule has 1 aliphatic rings. The second kappa shape index (κ2) is 9.60. The van der Waals surface area contributed by atoms with Crippen molar-refractivity contribution < 1.29 is 9.13 Å². The van der Waals surface area contributed by atoms with Crippen molar-refractivity contribution in [2.45, 2.75) is 39.2 Å². The van der Waals surface area contributed by atoms with Gasteiger partial charge in [-0.1, -0.05) is 6.07 Å². The molecule has 0 atom stereocenters. The molecule has 5 nitrogen and oxygen atoms in total. The number of piperidine rings is 1. The van der Waals surface area contributed by atoms with Crippen LogP contribution in [0.2, 0.25) is 0 Å². The lowest BCUT2D eigenvalue weighted by atomic mass is 9.90. The van der Waals surface area contributed by atoms with E-state index in [1.165, 1.54) is 0 Å². The first kappa shape index (κ1) is 21.5. The van der Waals surface area contributed by atoms with Gasteiger partial charge in [0.05, 0.1) is 24.3 Å². The number of hydrogen-bond donors (Lipinski definition) is 0. The summed E-state index contributed by atoms with van der Waals surface area (Å²) < 4.78 is 20.7. The molecule has 3 aromatic rings. The molecule has 3 heterocycles. The van der Waals surface area contributed by atoms with Crippen LogP contribution in [0.3, 0.4) is 0 Å². The van der Waals surface area contributed by atoms with Crippen LogP contribution in [0.1, 0.15) is 30.4 Å². The zero-order valence-electron chi connectivity index (χ0n) is 18.3. The van der Waals surface area contributed by atoms with Gasteiger partial charge in [0.15, 0.2) is 0 Å². The third-order valence-electron chi connectivity index (χ3n) is 6.34. The first-order valence-corrected chi connectivity index (χ1v) is 11.0. The molecular formula is C25H30FN3O2. The van der Waals surface area contributed by atoms with E-state index < -0.39 is 0 Å². The van der Waals surface area contributed by atoms with Crippen molar-refractivity contribution in [2.75, 3.05) is 26.7 Å². The van der Waals surface area contributed by atoms with Crippen molar-refractivity contribution in [2.24, 2.45) is 5.92 Å². The smallest absolute Gasteiger partial charge is 0.251 e. The minimum absolute atomic E-state index is 0.0113. The summed E-state index contributed by atoms with van der Waals surface area (Å²) in [5.41, 5.74) is 3.68. The van der Waals surface area contributed by atoms with Crippen LogP contribution < -0.4 is 10.3 Å². The molecule has 1 aromatic carbocycles. The fourth-order valence-corrected chi connectivity index (χ4v) is 4.56. The predicted molar refractivity (Wildman–Crippen MR) is 121 cm³/mol. The van der Waals surface area contributed by atoms with Crippen molar-refractivity contribution >= 4 is 11.0 Å². The highest BCUT2D eigenvalue weighted by atomic mass is 19.1.